The molecule has 0 aromatic rings. The molecule has 0 bridgehead atoms. The summed E-state index contributed by atoms with van der Waals surface area (Å²) in [6.07, 6.45) is 8.06. The Balaban J connectivity index is 1.84. The summed E-state index contributed by atoms with van der Waals surface area (Å²) in [6, 6.07) is 0. The molecule has 2 aliphatic rings. The van der Waals surface area contributed by atoms with E-state index in [9.17, 15) is 9.59 Å². The van der Waals surface area contributed by atoms with E-state index in [0.717, 1.165) is 32.2 Å². The minimum absolute atomic E-state index is 0.106. The third-order valence-corrected chi connectivity index (χ3v) is 4.90. The third-order valence-electron chi connectivity index (χ3n) is 4.90. The molecule has 1 aliphatic carbocycles. The maximum Gasteiger partial charge on any atom is 0.303 e. The number of hydrogen-bond donors (Lipinski definition) is 1. The van der Waals surface area contributed by atoms with Crippen LogP contribution in [0, 0.1) is 5.92 Å². The molecule has 126 valence electrons. The van der Waals surface area contributed by atoms with E-state index in [0.29, 0.717) is 25.3 Å². The molecule has 2 atom stereocenters. The summed E-state index contributed by atoms with van der Waals surface area (Å²) in [7, 11) is 0. The van der Waals surface area contributed by atoms with Crippen molar-refractivity contribution in [3.05, 3.63) is 0 Å². The van der Waals surface area contributed by atoms with Crippen molar-refractivity contribution in [3.8, 4) is 0 Å². The number of carboxylic acids is 1. The first kappa shape index (κ1) is 17.3. The average molecular weight is 311 g/mol. The molecule has 2 fully saturated rings. The van der Waals surface area contributed by atoms with Gasteiger partial charge in [-0.2, -0.15) is 0 Å². The molecule has 0 unspecified atom stereocenters. The van der Waals surface area contributed by atoms with Crippen LogP contribution >= 0.6 is 0 Å². The summed E-state index contributed by atoms with van der Waals surface area (Å²) in [5, 5.41) is 8.80. The number of amides is 1. The molecular formula is C17H29NO4. The predicted molar refractivity (Wildman–Crippen MR) is 83.6 cm³/mol. The molecule has 5 heteroatoms. The zero-order chi connectivity index (χ0) is 15.9. The maximum absolute atomic E-state index is 12.7. The van der Waals surface area contributed by atoms with Gasteiger partial charge in [0.1, 0.15) is 6.10 Å². The van der Waals surface area contributed by atoms with Gasteiger partial charge in [-0.3, -0.25) is 9.59 Å². The maximum atomic E-state index is 12.7. The second kappa shape index (κ2) is 8.51. The van der Waals surface area contributed by atoms with Gasteiger partial charge >= 0.3 is 5.97 Å². The zero-order valence-electron chi connectivity index (χ0n) is 13.6. The number of hydrogen-bond acceptors (Lipinski definition) is 3. The minimum atomic E-state index is -0.751. The van der Waals surface area contributed by atoms with Gasteiger partial charge in [0.25, 0.3) is 5.91 Å². The van der Waals surface area contributed by atoms with E-state index in [1.807, 2.05) is 11.8 Å². The van der Waals surface area contributed by atoms with E-state index >= 15 is 0 Å². The Morgan fingerprint density at radius 3 is 2.59 bits per heavy atom. The van der Waals surface area contributed by atoms with E-state index in [-0.39, 0.29) is 24.5 Å². The van der Waals surface area contributed by atoms with Crippen LogP contribution in [0.4, 0.5) is 0 Å². The lowest BCUT2D eigenvalue weighted by atomic mass is 9.93. The molecule has 0 spiro atoms. The molecule has 0 aromatic heterocycles. The van der Waals surface area contributed by atoms with Crippen LogP contribution < -0.4 is 0 Å². The Hall–Kier alpha value is -1.10. The predicted octanol–water partition coefficient (Wildman–Crippen LogP) is 2.83. The summed E-state index contributed by atoms with van der Waals surface area (Å²) in [6.45, 7) is 3.48. The third kappa shape index (κ3) is 4.97. The Labute approximate surface area is 133 Å². The number of likely N-dealkylation sites (tertiary alicyclic amines) is 1. The highest BCUT2D eigenvalue weighted by molar-refractivity contribution is 5.81. The Kier molecular flexibility index (Phi) is 6.68. The highest BCUT2D eigenvalue weighted by Gasteiger charge is 2.31. The van der Waals surface area contributed by atoms with Gasteiger partial charge in [0, 0.05) is 19.5 Å². The average Bonchev–Trinajstić information content (AvgIpc) is 3.03. The lowest BCUT2D eigenvalue weighted by molar-refractivity contribution is -0.149. The first-order chi connectivity index (χ1) is 10.6. The van der Waals surface area contributed by atoms with Gasteiger partial charge in [0.15, 0.2) is 0 Å². The lowest BCUT2D eigenvalue weighted by Crippen LogP contribution is -2.46. The summed E-state index contributed by atoms with van der Waals surface area (Å²) in [4.78, 5) is 25.3. The van der Waals surface area contributed by atoms with Crippen molar-refractivity contribution in [2.24, 2.45) is 5.92 Å². The summed E-state index contributed by atoms with van der Waals surface area (Å²) in [5.74, 6) is -0.327. The molecule has 5 nitrogen and oxygen atoms in total. The van der Waals surface area contributed by atoms with Gasteiger partial charge in [0.05, 0.1) is 6.10 Å². The van der Waals surface area contributed by atoms with Crippen molar-refractivity contribution >= 4 is 11.9 Å². The van der Waals surface area contributed by atoms with Gasteiger partial charge in [-0.1, -0.05) is 19.8 Å². The van der Waals surface area contributed by atoms with Crippen molar-refractivity contribution in [1.29, 1.82) is 0 Å². The van der Waals surface area contributed by atoms with Crippen molar-refractivity contribution in [2.45, 2.75) is 76.9 Å². The number of ether oxygens (including phenoxy) is 1. The minimum Gasteiger partial charge on any atom is -0.481 e. The van der Waals surface area contributed by atoms with Crippen LogP contribution in [0.2, 0.25) is 0 Å². The van der Waals surface area contributed by atoms with Crippen LogP contribution in [0.5, 0.6) is 0 Å². The summed E-state index contributed by atoms with van der Waals surface area (Å²) in [5.41, 5.74) is 0. The molecule has 1 N–H and O–H groups in total. The van der Waals surface area contributed by atoms with E-state index in [1.54, 1.807) is 0 Å². The number of nitrogens with zero attached hydrogens (tertiary/aromatic N) is 1. The lowest BCUT2D eigenvalue weighted by Gasteiger charge is -2.35. The highest BCUT2D eigenvalue weighted by Crippen LogP contribution is 2.25. The standard InChI is InChI=1S/C17H29NO4/c1-2-15(22-14-7-3-4-8-14)17(21)18-11-5-6-13(12-18)9-10-16(19)20/h13-15H,2-12H2,1H3,(H,19,20)/t13-,15-/m0/s1. The molecule has 1 saturated heterocycles. The number of carbonyl (C=O) groups excluding carboxylic acids is 1. The SMILES string of the molecule is CC[C@H](OC1CCCC1)C(=O)N1CCC[C@@H](CCC(=O)O)C1. The normalized spacial score (nSPS) is 24.4. The van der Waals surface area contributed by atoms with Crippen LogP contribution in [0.15, 0.2) is 0 Å². The van der Waals surface area contributed by atoms with Gasteiger partial charge in [-0.15, -0.1) is 0 Å². The van der Waals surface area contributed by atoms with Crippen molar-refractivity contribution in [2.75, 3.05) is 13.1 Å². The van der Waals surface area contributed by atoms with Gasteiger partial charge in [-0.05, 0) is 44.4 Å². The van der Waals surface area contributed by atoms with E-state index in [2.05, 4.69) is 0 Å². The van der Waals surface area contributed by atoms with Crippen LogP contribution in [0.1, 0.15) is 64.7 Å². The fourth-order valence-corrected chi connectivity index (χ4v) is 3.62. The van der Waals surface area contributed by atoms with Crippen molar-refractivity contribution in [3.63, 3.8) is 0 Å². The van der Waals surface area contributed by atoms with Crippen molar-refractivity contribution in [1.82, 2.24) is 4.90 Å². The molecule has 0 aromatic carbocycles. The van der Waals surface area contributed by atoms with Crippen molar-refractivity contribution < 1.29 is 19.4 Å². The molecule has 22 heavy (non-hydrogen) atoms. The second-order valence-corrected chi connectivity index (χ2v) is 6.66. The monoisotopic (exact) mass is 311 g/mol. The quantitative estimate of drug-likeness (QED) is 0.785. The molecule has 0 radical (unpaired) electrons. The second-order valence-electron chi connectivity index (χ2n) is 6.66. The first-order valence-corrected chi connectivity index (χ1v) is 8.76. The number of piperidine rings is 1. The number of carboxylic acid groups (broad SMARTS) is 1. The molecule has 1 saturated carbocycles. The van der Waals surface area contributed by atoms with Crippen LogP contribution in [-0.4, -0.2) is 47.2 Å². The largest absolute Gasteiger partial charge is 0.481 e. The van der Waals surface area contributed by atoms with Crippen LogP contribution in [0.25, 0.3) is 0 Å². The smallest absolute Gasteiger partial charge is 0.303 e. The van der Waals surface area contributed by atoms with Gasteiger partial charge < -0.3 is 14.7 Å². The topological polar surface area (TPSA) is 66.8 Å². The summed E-state index contributed by atoms with van der Waals surface area (Å²) < 4.78 is 6.02. The van der Waals surface area contributed by atoms with E-state index in [4.69, 9.17) is 9.84 Å². The Bertz CT molecular complexity index is 379. The number of carbonyl (C=O) groups is 2. The van der Waals surface area contributed by atoms with Crippen LogP contribution in [-0.2, 0) is 14.3 Å². The molecule has 1 aliphatic heterocycles. The molecular weight excluding hydrogens is 282 g/mol. The van der Waals surface area contributed by atoms with Gasteiger partial charge in [-0.25, -0.2) is 0 Å². The molecule has 2 rings (SSSR count). The number of rotatable bonds is 7. The molecule has 1 heterocycles. The fourth-order valence-electron chi connectivity index (χ4n) is 3.62. The molecule has 1 amide bonds. The van der Waals surface area contributed by atoms with Gasteiger partial charge in [0.2, 0.25) is 0 Å². The van der Waals surface area contributed by atoms with E-state index in [1.165, 1.54) is 12.8 Å². The Morgan fingerprint density at radius 2 is 1.95 bits per heavy atom. The number of aliphatic carboxylic acids is 1. The van der Waals surface area contributed by atoms with E-state index < -0.39 is 5.97 Å². The fraction of sp³-hybridized carbons (Fsp3) is 0.882. The highest BCUT2D eigenvalue weighted by atomic mass is 16.5. The van der Waals surface area contributed by atoms with Crippen LogP contribution in [0.3, 0.4) is 0 Å². The first-order valence-electron chi connectivity index (χ1n) is 8.76. The zero-order valence-corrected chi connectivity index (χ0v) is 13.6. The summed E-state index contributed by atoms with van der Waals surface area (Å²) >= 11 is 0. The Morgan fingerprint density at radius 1 is 1.23 bits per heavy atom.